The molecule has 0 aromatic heterocycles. The van der Waals surface area contributed by atoms with Crippen molar-refractivity contribution in [2.24, 2.45) is 0 Å². The van der Waals surface area contributed by atoms with Crippen LogP contribution in [0.1, 0.15) is 6.42 Å². The summed E-state index contributed by atoms with van der Waals surface area (Å²) in [4.78, 5) is 0. The number of aliphatic hydroxyl groups is 1. The van der Waals surface area contributed by atoms with Crippen LogP contribution in [0.15, 0.2) is 0 Å². The minimum atomic E-state index is -4.31. The van der Waals surface area contributed by atoms with E-state index in [-0.39, 0.29) is 6.42 Å². The molecule has 0 amide bonds. The second-order valence-electron chi connectivity index (χ2n) is 3.64. The molecule has 0 spiro atoms. The predicted octanol–water partition coefficient (Wildman–Crippen LogP) is -0.507. The molecule has 0 aromatic rings. The van der Waals surface area contributed by atoms with Gasteiger partial charge in [0.1, 0.15) is 0 Å². The van der Waals surface area contributed by atoms with E-state index in [0.717, 1.165) is 0 Å². The van der Waals surface area contributed by atoms with E-state index in [1.807, 2.05) is 14.1 Å². The molecular weight excluding hydrogens is 194 g/mol. The van der Waals surface area contributed by atoms with E-state index in [0.29, 0.717) is 17.6 Å². The van der Waals surface area contributed by atoms with Gasteiger partial charge in [0.15, 0.2) is 5.44 Å². The topological polar surface area (TPSA) is 74.6 Å². The van der Waals surface area contributed by atoms with Gasteiger partial charge in [-0.05, 0) is 0 Å². The van der Waals surface area contributed by atoms with E-state index in [9.17, 15) is 8.42 Å². The third-order valence-electron chi connectivity index (χ3n) is 1.93. The number of rotatable bonds is 5. The Balaban J connectivity index is 4.05. The average molecular weight is 211 g/mol. The van der Waals surface area contributed by atoms with E-state index >= 15 is 0 Å². The van der Waals surface area contributed by atoms with E-state index in [1.165, 1.54) is 0 Å². The molecule has 1 atom stereocenters. The molecule has 0 aromatic carbocycles. The zero-order valence-corrected chi connectivity index (χ0v) is 8.79. The van der Waals surface area contributed by atoms with E-state index in [2.05, 4.69) is 6.92 Å². The molecule has 2 N–H and O–H groups in total. The maximum atomic E-state index is 10.4. The molecule has 0 aliphatic carbocycles. The Morgan fingerprint density at radius 1 is 1.46 bits per heavy atom. The van der Waals surface area contributed by atoms with Crippen molar-refractivity contribution in [2.45, 2.75) is 11.9 Å². The fourth-order valence-corrected chi connectivity index (χ4v) is 1.12. The van der Waals surface area contributed by atoms with Crippen LogP contribution in [-0.2, 0) is 10.1 Å². The van der Waals surface area contributed by atoms with Crippen LogP contribution in [0.4, 0.5) is 0 Å². The van der Waals surface area contributed by atoms with Gasteiger partial charge in [-0.15, -0.1) is 0 Å². The van der Waals surface area contributed by atoms with Crippen LogP contribution in [0, 0.1) is 6.92 Å². The first-order valence-electron chi connectivity index (χ1n) is 3.94. The standard InChI is InChI=1S/C7H16NO4S/c1-4-8(2,3)6-5-7(9)13(10,11)12/h7,9H,1,4-6H2,2-3H3/p+1. The highest BCUT2D eigenvalue weighted by Gasteiger charge is 2.23. The SMILES string of the molecule is [CH2]C[N+](C)(C)CCC(O)S(=O)(=O)O. The first-order chi connectivity index (χ1) is 5.69. The van der Waals surface area contributed by atoms with Gasteiger partial charge in [-0.25, -0.2) is 0 Å². The lowest BCUT2D eigenvalue weighted by Crippen LogP contribution is -2.42. The van der Waals surface area contributed by atoms with Crippen LogP contribution in [0.3, 0.4) is 0 Å². The summed E-state index contributed by atoms with van der Waals surface area (Å²) in [5.41, 5.74) is -1.68. The highest BCUT2D eigenvalue weighted by molar-refractivity contribution is 7.86. The smallest absolute Gasteiger partial charge is 0.292 e. The van der Waals surface area contributed by atoms with E-state index in [4.69, 9.17) is 9.66 Å². The molecule has 79 valence electrons. The van der Waals surface area contributed by atoms with Gasteiger partial charge in [0.05, 0.1) is 27.2 Å². The molecule has 0 saturated heterocycles. The third-order valence-corrected chi connectivity index (χ3v) is 2.85. The molecule has 5 nitrogen and oxygen atoms in total. The zero-order chi connectivity index (χ0) is 10.7. The predicted molar refractivity (Wildman–Crippen MR) is 49.4 cm³/mol. The van der Waals surface area contributed by atoms with Crippen molar-refractivity contribution in [3.63, 3.8) is 0 Å². The summed E-state index contributed by atoms with van der Waals surface area (Å²) in [5, 5.41) is 8.98. The minimum absolute atomic E-state index is 0.0152. The maximum Gasteiger partial charge on any atom is 0.292 e. The summed E-state index contributed by atoms with van der Waals surface area (Å²) in [6.45, 7) is 4.72. The fourth-order valence-electron chi connectivity index (χ4n) is 0.721. The Hall–Kier alpha value is -0.170. The lowest BCUT2D eigenvalue weighted by Gasteiger charge is -2.28. The van der Waals surface area contributed by atoms with Crippen LogP contribution in [-0.4, -0.2) is 55.2 Å². The molecule has 0 saturated carbocycles. The quantitative estimate of drug-likeness (QED) is 0.474. The Morgan fingerprint density at radius 3 is 2.23 bits per heavy atom. The lowest BCUT2D eigenvalue weighted by molar-refractivity contribution is -0.885. The van der Waals surface area contributed by atoms with Crippen LogP contribution < -0.4 is 0 Å². The summed E-state index contributed by atoms with van der Waals surface area (Å²) in [5.74, 6) is 0. The fraction of sp³-hybridized carbons (Fsp3) is 0.857. The van der Waals surface area contributed by atoms with Gasteiger partial charge < -0.3 is 9.59 Å². The minimum Gasteiger partial charge on any atom is -0.375 e. The van der Waals surface area contributed by atoms with Gasteiger partial charge in [-0.2, -0.15) is 8.42 Å². The Labute approximate surface area is 79.3 Å². The molecule has 0 heterocycles. The van der Waals surface area contributed by atoms with Crippen molar-refractivity contribution in [1.29, 1.82) is 0 Å². The average Bonchev–Trinajstić information content (AvgIpc) is 1.98. The van der Waals surface area contributed by atoms with Gasteiger partial charge in [0.25, 0.3) is 10.1 Å². The van der Waals surface area contributed by atoms with Crippen molar-refractivity contribution in [3.05, 3.63) is 6.92 Å². The van der Waals surface area contributed by atoms with Crippen molar-refractivity contribution in [3.8, 4) is 0 Å². The molecule has 13 heavy (non-hydrogen) atoms. The molecular formula is C7H17NO4S+. The second kappa shape index (κ2) is 4.36. The third kappa shape index (κ3) is 5.20. The number of hydrogen-bond donors (Lipinski definition) is 2. The van der Waals surface area contributed by atoms with Crippen molar-refractivity contribution in [1.82, 2.24) is 0 Å². The second-order valence-corrected chi connectivity index (χ2v) is 5.22. The molecule has 1 unspecified atom stereocenters. The van der Waals surface area contributed by atoms with Crippen LogP contribution in [0.2, 0.25) is 0 Å². The molecule has 1 radical (unpaired) electrons. The monoisotopic (exact) mass is 211 g/mol. The largest absolute Gasteiger partial charge is 0.375 e. The van der Waals surface area contributed by atoms with E-state index < -0.39 is 15.6 Å². The number of quaternary nitrogens is 1. The van der Waals surface area contributed by atoms with Crippen molar-refractivity contribution in [2.75, 3.05) is 27.2 Å². The molecule has 0 rings (SSSR count). The van der Waals surface area contributed by atoms with Gasteiger partial charge >= 0.3 is 0 Å². The summed E-state index contributed by atoms with van der Waals surface area (Å²) in [6, 6.07) is 0. The Bertz CT molecular complexity index is 247. The van der Waals surface area contributed by atoms with Crippen LogP contribution in [0.5, 0.6) is 0 Å². The Morgan fingerprint density at radius 2 is 1.92 bits per heavy atom. The highest BCUT2D eigenvalue weighted by Crippen LogP contribution is 2.05. The molecule has 0 fully saturated rings. The van der Waals surface area contributed by atoms with Crippen molar-refractivity contribution < 1.29 is 22.6 Å². The van der Waals surface area contributed by atoms with Crippen molar-refractivity contribution >= 4 is 10.1 Å². The summed E-state index contributed by atoms with van der Waals surface area (Å²) in [6.07, 6.45) is 0.0152. The molecule has 0 bridgehead atoms. The number of hydrogen-bond acceptors (Lipinski definition) is 3. The van der Waals surface area contributed by atoms with E-state index in [1.54, 1.807) is 0 Å². The summed E-state index contributed by atoms with van der Waals surface area (Å²) in [7, 11) is -0.579. The zero-order valence-electron chi connectivity index (χ0n) is 7.97. The van der Waals surface area contributed by atoms with Crippen LogP contribution in [0.25, 0.3) is 0 Å². The number of nitrogens with zero attached hydrogens (tertiary/aromatic N) is 1. The lowest BCUT2D eigenvalue weighted by atomic mass is 10.3. The highest BCUT2D eigenvalue weighted by atomic mass is 32.2. The number of aliphatic hydroxyl groups excluding tert-OH is 1. The summed E-state index contributed by atoms with van der Waals surface area (Å²) >= 11 is 0. The molecule has 0 aliphatic heterocycles. The van der Waals surface area contributed by atoms with Crippen LogP contribution >= 0.6 is 0 Å². The summed E-state index contributed by atoms with van der Waals surface area (Å²) < 4.78 is 29.8. The maximum absolute atomic E-state index is 10.4. The Kier molecular flexibility index (Phi) is 4.31. The van der Waals surface area contributed by atoms with Gasteiger partial charge in [-0.1, -0.05) is 0 Å². The first-order valence-corrected chi connectivity index (χ1v) is 5.45. The van der Waals surface area contributed by atoms with Gasteiger partial charge in [-0.3, -0.25) is 4.55 Å². The first kappa shape index (κ1) is 12.8. The molecule has 0 aliphatic rings. The normalized spacial score (nSPS) is 15.8. The van der Waals surface area contributed by atoms with Gasteiger partial charge in [0.2, 0.25) is 0 Å². The van der Waals surface area contributed by atoms with Gasteiger partial charge in [0, 0.05) is 13.3 Å². The molecule has 6 heteroatoms.